The molecule has 0 saturated heterocycles. The number of nitrogens with one attached hydrogen (secondary N) is 2. The summed E-state index contributed by atoms with van der Waals surface area (Å²) >= 11 is 0. The monoisotopic (exact) mass is 460 g/mol. The number of rotatable bonds is 7. The minimum atomic E-state index is -3.74. The van der Waals surface area contributed by atoms with Crippen molar-refractivity contribution in [3.8, 4) is 5.75 Å². The maximum absolute atomic E-state index is 12.7. The second-order valence-electron chi connectivity index (χ2n) is 7.85. The summed E-state index contributed by atoms with van der Waals surface area (Å²) in [6, 6.07) is 25.0. The highest BCUT2D eigenvalue weighted by atomic mass is 32.2. The zero-order valence-corrected chi connectivity index (χ0v) is 19.1. The fourth-order valence-corrected chi connectivity index (χ4v) is 4.61. The van der Waals surface area contributed by atoms with Gasteiger partial charge in [0, 0.05) is 11.4 Å². The van der Waals surface area contributed by atoms with E-state index >= 15 is 0 Å². The maximum atomic E-state index is 12.7. The van der Waals surface area contributed by atoms with Gasteiger partial charge in [-0.25, -0.2) is 8.42 Å². The van der Waals surface area contributed by atoms with Crippen LogP contribution in [0.5, 0.6) is 5.75 Å². The Bertz CT molecular complexity index is 1390. The van der Waals surface area contributed by atoms with E-state index < -0.39 is 10.0 Å². The number of carbonyl (C=O) groups excluding carboxylic acids is 1. The van der Waals surface area contributed by atoms with Crippen LogP contribution >= 0.6 is 0 Å². The third-order valence-corrected chi connectivity index (χ3v) is 6.41. The summed E-state index contributed by atoms with van der Waals surface area (Å²) in [6.45, 7) is 3.66. The maximum Gasteiger partial charge on any atom is 0.262 e. The van der Waals surface area contributed by atoms with E-state index in [2.05, 4.69) is 10.0 Å². The largest absolute Gasteiger partial charge is 0.484 e. The summed E-state index contributed by atoms with van der Waals surface area (Å²) in [5.41, 5.74) is 2.93. The minimum Gasteiger partial charge on any atom is -0.484 e. The lowest BCUT2D eigenvalue weighted by molar-refractivity contribution is -0.118. The predicted molar refractivity (Wildman–Crippen MR) is 131 cm³/mol. The molecule has 4 rings (SSSR count). The van der Waals surface area contributed by atoms with E-state index in [9.17, 15) is 13.2 Å². The van der Waals surface area contributed by atoms with Crippen molar-refractivity contribution in [1.82, 2.24) is 0 Å². The van der Waals surface area contributed by atoms with Crippen LogP contribution in [0.15, 0.2) is 89.8 Å². The number of fused-ring (bicyclic) bond motifs is 1. The van der Waals surface area contributed by atoms with Crippen LogP contribution in [0, 0.1) is 13.8 Å². The Kier molecular flexibility index (Phi) is 6.33. The molecule has 4 aromatic carbocycles. The van der Waals surface area contributed by atoms with E-state index in [0.717, 1.165) is 21.9 Å². The first kappa shape index (κ1) is 22.4. The Labute approximate surface area is 193 Å². The third-order valence-electron chi connectivity index (χ3n) is 5.01. The molecule has 0 aliphatic rings. The Morgan fingerprint density at radius 2 is 1.45 bits per heavy atom. The van der Waals surface area contributed by atoms with E-state index in [4.69, 9.17) is 4.74 Å². The number of amides is 1. The molecule has 2 N–H and O–H groups in total. The Morgan fingerprint density at radius 1 is 0.788 bits per heavy atom. The normalized spacial score (nSPS) is 11.2. The molecule has 7 heteroatoms. The second kappa shape index (κ2) is 9.34. The van der Waals surface area contributed by atoms with Crippen LogP contribution in [0.2, 0.25) is 0 Å². The first-order valence-corrected chi connectivity index (χ1v) is 11.9. The summed E-state index contributed by atoms with van der Waals surface area (Å²) in [5, 5.41) is 4.84. The summed E-state index contributed by atoms with van der Waals surface area (Å²) in [5.74, 6) is 0.259. The molecule has 0 atom stereocenters. The standard InChI is InChI=1S/C26H24N2O4S/c1-18-13-19(2)15-23(14-18)28-33(30,31)25-11-8-22(9-12-25)27-26(29)17-32-24-10-7-20-5-3-4-6-21(20)16-24/h3-16,28H,17H2,1-2H3,(H,27,29). The molecule has 0 fully saturated rings. The van der Waals surface area contributed by atoms with Crippen molar-refractivity contribution in [2.45, 2.75) is 18.7 Å². The highest BCUT2D eigenvalue weighted by Gasteiger charge is 2.15. The molecular weight excluding hydrogens is 436 g/mol. The van der Waals surface area contributed by atoms with Gasteiger partial charge in [0.1, 0.15) is 5.75 Å². The molecule has 0 heterocycles. The van der Waals surface area contributed by atoms with Crippen molar-refractivity contribution >= 4 is 38.1 Å². The van der Waals surface area contributed by atoms with Crippen LogP contribution in [0.25, 0.3) is 10.8 Å². The zero-order chi connectivity index (χ0) is 23.4. The van der Waals surface area contributed by atoms with E-state index in [-0.39, 0.29) is 17.4 Å². The SMILES string of the molecule is Cc1cc(C)cc(NS(=O)(=O)c2ccc(NC(=O)COc3ccc4ccccc4c3)cc2)c1. The lowest BCUT2D eigenvalue weighted by Crippen LogP contribution is -2.20. The van der Waals surface area contributed by atoms with Gasteiger partial charge in [0.15, 0.2) is 6.61 Å². The van der Waals surface area contributed by atoms with Gasteiger partial charge in [0.05, 0.1) is 4.90 Å². The van der Waals surface area contributed by atoms with Crippen LogP contribution in [0.4, 0.5) is 11.4 Å². The molecule has 0 aliphatic heterocycles. The molecular formula is C26H24N2O4S. The van der Waals surface area contributed by atoms with Crippen LogP contribution in [-0.2, 0) is 14.8 Å². The van der Waals surface area contributed by atoms with Crippen molar-refractivity contribution in [2.24, 2.45) is 0 Å². The van der Waals surface area contributed by atoms with Gasteiger partial charge in [-0.1, -0.05) is 36.4 Å². The van der Waals surface area contributed by atoms with E-state index in [1.54, 1.807) is 24.3 Å². The smallest absolute Gasteiger partial charge is 0.262 e. The highest BCUT2D eigenvalue weighted by molar-refractivity contribution is 7.92. The second-order valence-corrected chi connectivity index (χ2v) is 9.53. The number of ether oxygens (including phenoxy) is 1. The van der Waals surface area contributed by atoms with Gasteiger partial charge in [-0.2, -0.15) is 0 Å². The van der Waals surface area contributed by atoms with Crippen molar-refractivity contribution in [3.63, 3.8) is 0 Å². The van der Waals surface area contributed by atoms with Crippen molar-refractivity contribution in [3.05, 3.63) is 96.1 Å². The fraction of sp³-hybridized carbons (Fsp3) is 0.115. The van der Waals surface area contributed by atoms with E-state index in [1.807, 2.05) is 62.4 Å². The molecule has 0 spiro atoms. The Hall–Kier alpha value is -3.84. The van der Waals surface area contributed by atoms with Crippen LogP contribution in [0.1, 0.15) is 11.1 Å². The number of aryl methyl sites for hydroxylation is 2. The quantitative estimate of drug-likeness (QED) is 0.393. The van der Waals surface area contributed by atoms with E-state index in [1.165, 1.54) is 12.1 Å². The molecule has 0 aliphatic carbocycles. The van der Waals surface area contributed by atoms with E-state index in [0.29, 0.717) is 17.1 Å². The van der Waals surface area contributed by atoms with Crippen molar-refractivity contribution in [2.75, 3.05) is 16.6 Å². The lowest BCUT2D eigenvalue weighted by Gasteiger charge is -2.11. The van der Waals surface area contributed by atoms with Gasteiger partial charge >= 0.3 is 0 Å². The topological polar surface area (TPSA) is 84.5 Å². The molecule has 1 amide bonds. The average Bonchev–Trinajstić information content (AvgIpc) is 2.77. The molecule has 4 aromatic rings. The zero-order valence-electron chi connectivity index (χ0n) is 18.3. The molecule has 0 unspecified atom stereocenters. The summed E-state index contributed by atoms with van der Waals surface area (Å²) in [6.07, 6.45) is 0. The van der Waals surface area contributed by atoms with Crippen LogP contribution in [0.3, 0.4) is 0 Å². The summed E-state index contributed by atoms with van der Waals surface area (Å²) in [4.78, 5) is 12.4. The highest BCUT2D eigenvalue weighted by Crippen LogP contribution is 2.22. The number of hydrogen-bond donors (Lipinski definition) is 2. The van der Waals surface area contributed by atoms with Gasteiger partial charge in [0.2, 0.25) is 0 Å². The molecule has 168 valence electrons. The molecule has 0 aromatic heterocycles. The molecule has 0 bridgehead atoms. The van der Waals surface area contributed by atoms with Gasteiger partial charge in [-0.05, 0) is 84.3 Å². The third kappa shape index (κ3) is 5.70. The lowest BCUT2D eigenvalue weighted by atomic mass is 10.1. The summed E-state index contributed by atoms with van der Waals surface area (Å²) < 4.78 is 33.6. The minimum absolute atomic E-state index is 0.104. The van der Waals surface area contributed by atoms with Gasteiger partial charge in [-0.15, -0.1) is 0 Å². The van der Waals surface area contributed by atoms with Gasteiger partial charge in [0.25, 0.3) is 15.9 Å². The fourth-order valence-electron chi connectivity index (χ4n) is 3.57. The predicted octanol–water partition coefficient (Wildman–Crippen LogP) is 5.27. The van der Waals surface area contributed by atoms with Gasteiger partial charge < -0.3 is 10.1 Å². The first-order valence-electron chi connectivity index (χ1n) is 10.4. The Morgan fingerprint density at radius 3 is 2.15 bits per heavy atom. The van der Waals surface area contributed by atoms with Crippen LogP contribution in [-0.4, -0.2) is 20.9 Å². The first-order chi connectivity index (χ1) is 15.8. The number of anilines is 2. The van der Waals surface area contributed by atoms with Gasteiger partial charge in [-0.3, -0.25) is 9.52 Å². The number of sulfonamides is 1. The van der Waals surface area contributed by atoms with Crippen molar-refractivity contribution in [1.29, 1.82) is 0 Å². The molecule has 6 nitrogen and oxygen atoms in total. The van der Waals surface area contributed by atoms with Crippen molar-refractivity contribution < 1.29 is 17.9 Å². The molecule has 33 heavy (non-hydrogen) atoms. The number of benzene rings is 4. The summed E-state index contributed by atoms with van der Waals surface area (Å²) in [7, 11) is -3.74. The molecule has 0 radical (unpaired) electrons. The number of carbonyl (C=O) groups is 1. The average molecular weight is 461 g/mol. The van der Waals surface area contributed by atoms with Crippen LogP contribution < -0.4 is 14.8 Å². The Balaban J connectivity index is 1.36. The number of hydrogen-bond acceptors (Lipinski definition) is 4. The molecule has 0 saturated carbocycles.